The smallest absolute Gasteiger partial charge is 0.108 e. The highest BCUT2D eigenvalue weighted by Crippen LogP contribution is 2.51. The molecular weight excluding hydrogens is 153 g/mol. The Balaban J connectivity index is 2.28. The van der Waals surface area contributed by atoms with Gasteiger partial charge in [-0.3, -0.25) is 0 Å². The fourth-order valence-electron chi connectivity index (χ4n) is 1.39. The molecule has 1 fully saturated rings. The lowest BCUT2D eigenvalue weighted by molar-refractivity contribution is 0.319. The van der Waals surface area contributed by atoms with E-state index in [4.69, 9.17) is 5.73 Å². The van der Waals surface area contributed by atoms with Gasteiger partial charge in [0.05, 0.1) is 0 Å². The van der Waals surface area contributed by atoms with E-state index in [-0.39, 0.29) is 11.5 Å². The van der Waals surface area contributed by atoms with Crippen molar-refractivity contribution in [1.29, 1.82) is 0 Å². The maximum atomic E-state index is 12.8. The molecule has 0 amide bonds. The van der Waals surface area contributed by atoms with Gasteiger partial charge in [0, 0.05) is 17.9 Å². The molecule has 1 aliphatic rings. The average Bonchev–Trinajstić information content (AvgIpc) is 2.62. The highest BCUT2D eigenvalue weighted by atomic mass is 19.1. The van der Waals surface area contributed by atoms with Crippen LogP contribution in [0.3, 0.4) is 0 Å². The SMILES string of the molecule is CC#CCCC(N)C1(C)CC1F. The molecular formula is C10H16FN. The second-order valence-electron chi connectivity index (χ2n) is 3.75. The number of alkyl halides is 1. The Kier molecular flexibility index (Phi) is 2.74. The molecule has 2 heteroatoms. The van der Waals surface area contributed by atoms with Gasteiger partial charge in [-0.2, -0.15) is 0 Å². The van der Waals surface area contributed by atoms with E-state index in [1.54, 1.807) is 0 Å². The summed E-state index contributed by atoms with van der Waals surface area (Å²) >= 11 is 0. The summed E-state index contributed by atoms with van der Waals surface area (Å²) in [4.78, 5) is 0. The van der Waals surface area contributed by atoms with Crippen molar-refractivity contribution in [3.8, 4) is 11.8 Å². The molecule has 1 saturated carbocycles. The van der Waals surface area contributed by atoms with Crippen LogP contribution in [-0.2, 0) is 0 Å². The topological polar surface area (TPSA) is 26.0 Å². The predicted octanol–water partition coefficient (Wildman–Crippen LogP) is 1.87. The zero-order valence-electron chi connectivity index (χ0n) is 7.73. The fraction of sp³-hybridized carbons (Fsp3) is 0.800. The first kappa shape index (κ1) is 9.54. The molecule has 2 N–H and O–H groups in total. The first-order valence-corrected chi connectivity index (χ1v) is 4.40. The molecule has 68 valence electrons. The van der Waals surface area contributed by atoms with E-state index >= 15 is 0 Å². The Morgan fingerprint density at radius 2 is 2.33 bits per heavy atom. The van der Waals surface area contributed by atoms with Gasteiger partial charge in [-0.15, -0.1) is 11.8 Å². The molecule has 0 heterocycles. The number of hydrogen-bond acceptors (Lipinski definition) is 1. The molecule has 0 spiro atoms. The molecule has 1 aliphatic carbocycles. The zero-order valence-corrected chi connectivity index (χ0v) is 7.73. The Morgan fingerprint density at radius 3 is 2.75 bits per heavy atom. The third-order valence-electron chi connectivity index (χ3n) is 2.78. The summed E-state index contributed by atoms with van der Waals surface area (Å²) < 4.78 is 12.8. The highest BCUT2D eigenvalue weighted by Gasteiger charge is 2.54. The molecule has 0 aromatic carbocycles. The standard InChI is InChI=1S/C10H16FN/c1-3-4-5-6-9(12)10(2)7-8(10)11/h8-9H,5-7,12H2,1-2H3. The van der Waals surface area contributed by atoms with Gasteiger partial charge >= 0.3 is 0 Å². The van der Waals surface area contributed by atoms with Crippen LogP contribution >= 0.6 is 0 Å². The lowest BCUT2D eigenvalue weighted by Gasteiger charge is -2.16. The molecule has 0 aliphatic heterocycles. The van der Waals surface area contributed by atoms with E-state index < -0.39 is 6.17 Å². The van der Waals surface area contributed by atoms with Crippen molar-refractivity contribution in [1.82, 2.24) is 0 Å². The summed E-state index contributed by atoms with van der Waals surface area (Å²) in [6, 6.07) is -0.0200. The molecule has 1 rings (SSSR count). The summed E-state index contributed by atoms with van der Waals surface area (Å²) in [7, 11) is 0. The molecule has 0 bridgehead atoms. The molecule has 3 atom stereocenters. The van der Waals surface area contributed by atoms with Crippen molar-refractivity contribution >= 4 is 0 Å². The summed E-state index contributed by atoms with van der Waals surface area (Å²) in [5, 5.41) is 0. The molecule has 0 aromatic heterocycles. The third-order valence-corrected chi connectivity index (χ3v) is 2.78. The van der Waals surface area contributed by atoms with Gasteiger partial charge in [0.25, 0.3) is 0 Å². The number of halogens is 1. The molecule has 0 saturated heterocycles. The molecule has 0 radical (unpaired) electrons. The van der Waals surface area contributed by atoms with Gasteiger partial charge in [-0.1, -0.05) is 6.92 Å². The van der Waals surface area contributed by atoms with E-state index in [1.807, 2.05) is 13.8 Å². The summed E-state index contributed by atoms with van der Waals surface area (Å²) in [6.45, 7) is 3.73. The molecule has 3 unspecified atom stereocenters. The molecule has 12 heavy (non-hydrogen) atoms. The van der Waals surface area contributed by atoms with Crippen LogP contribution in [-0.4, -0.2) is 12.2 Å². The highest BCUT2D eigenvalue weighted by molar-refractivity contribution is 5.07. The average molecular weight is 169 g/mol. The van der Waals surface area contributed by atoms with Gasteiger partial charge in [0.15, 0.2) is 0 Å². The van der Waals surface area contributed by atoms with Crippen LogP contribution in [0.15, 0.2) is 0 Å². The number of rotatable bonds is 3. The molecule has 1 nitrogen and oxygen atoms in total. The maximum absolute atomic E-state index is 12.8. The monoisotopic (exact) mass is 169 g/mol. The van der Waals surface area contributed by atoms with Crippen LogP contribution in [0.2, 0.25) is 0 Å². The first-order valence-electron chi connectivity index (χ1n) is 4.40. The van der Waals surface area contributed by atoms with Crippen molar-refractivity contribution in [3.63, 3.8) is 0 Å². The summed E-state index contributed by atoms with van der Waals surface area (Å²) in [6.07, 6.45) is 1.56. The van der Waals surface area contributed by atoms with E-state index in [1.165, 1.54) is 0 Å². The van der Waals surface area contributed by atoms with Crippen molar-refractivity contribution in [3.05, 3.63) is 0 Å². The van der Waals surface area contributed by atoms with E-state index in [9.17, 15) is 4.39 Å². The van der Waals surface area contributed by atoms with Crippen molar-refractivity contribution in [2.45, 2.75) is 45.3 Å². The molecule has 0 aromatic rings. The Bertz CT molecular complexity index is 216. The van der Waals surface area contributed by atoms with Crippen LogP contribution in [0, 0.1) is 17.3 Å². The van der Waals surface area contributed by atoms with Gasteiger partial charge in [-0.25, -0.2) is 4.39 Å². The van der Waals surface area contributed by atoms with Crippen molar-refractivity contribution in [2.24, 2.45) is 11.1 Å². The Labute approximate surface area is 73.5 Å². The lowest BCUT2D eigenvalue weighted by atomic mass is 9.95. The minimum Gasteiger partial charge on any atom is -0.327 e. The third kappa shape index (κ3) is 1.78. The zero-order chi connectivity index (χ0) is 9.19. The number of hydrogen-bond donors (Lipinski definition) is 1. The Hall–Kier alpha value is -0.550. The second kappa shape index (κ2) is 3.45. The van der Waals surface area contributed by atoms with Crippen LogP contribution in [0.25, 0.3) is 0 Å². The van der Waals surface area contributed by atoms with E-state index in [2.05, 4.69) is 11.8 Å². The van der Waals surface area contributed by atoms with Gasteiger partial charge in [0.2, 0.25) is 0 Å². The van der Waals surface area contributed by atoms with Gasteiger partial charge < -0.3 is 5.73 Å². The quantitative estimate of drug-likeness (QED) is 0.641. The maximum Gasteiger partial charge on any atom is 0.108 e. The van der Waals surface area contributed by atoms with E-state index in [0.29, 0.717) is 6.42 Å². The largest absolute Gasteiger partial charge is 0.327 e. The van der Waals surface area contributed by atoms with Crippen molar-refractivity contribution < 1.29 is 4.39 Å². The van der Waals surface area contributed by atoms with Crippen LogP contribution < -0.4 is 5.73 Å². The predicted molar refractivity (Wildman–Crippen MR) is 48.3 cm³/mol. The van der Waals surface area contributed by atoms with Gasteiger partial charge in [0.1, 0.15) is 6.17 Å². The van der Waals surface area contributed by atoms with Gasteiger partial charge in [-0.05, 0) is 19.8 Å². The lowest BCUT2D eigenvalue weighted by Crippen LogP contribution is -2.31. The normalized spacial score (nSPS) is 35.2. The minimum atomic E-state index is -0.679. The van der Waals surface area contributed by atoms with Crippen LogP contribution in [0.5, 0.6) is 0 Å². The van der Waals surface area contributed by atoms with Crippen LogP contribution in [0.1, 0.15) is 33.1 Å². The second-order valence-corrected chi connectivity index (χ2v) is 3.75. The summed E-state index contributed by atoms with van der Waals surface area (Å²) in [5.74, 6) is 5.75. The first-order chi connectivity index (χ1) is 5.61. The van der Waals surface area contributed by atoms with E-state index in [0.717, 1.165) is 12.8 Å². The minimum absolute atomic E-state index is 0.0200. The van der Waals surface area contributed by atoms with Crippen LogP contribution in [0.4, 0.5) is 4.39 Å². The fourth-order valence-corrected chi connectivity index (χ4v) is 1.39. The Morgan fingerprint density at radius 1 is 1.75 bits per heavy atom. The summed E-state index contributed by atoms with van der Waals surface area (Å²) in [5.41, 5.74) is 5.60. The van der Waals surface area contributed by atoms with Crippen molar-refractivity contribution in [2.75, 3.05) is 0 Å². The number of nitrogens with two attached hydrogens (primary N) is 1.